The Balaban J connectivity index is 2.37. The van der Waals surface area contributed by atoms with E-state index in [4.69, 9.17) is 0 Å². The van der Waals surface area contributed by atoms with Crippen LogP contribution in [0.15, 0.2) is 36.5 Å². The molecule has 0 aliphatic carbocycles. The Hall–Kier alpha value is -2.70. The Morgan fingerprint density at radius 2 is 2.11 bits per heavy atom. The molecule has 7 heteroatoms. The number of benzene rings is 1. The smallest absolute Gasteiger partial charge is 0.358 e. The first-order chi connectivity index (χ1) is 8.99. The number of carbonyl (C=O) groups is 1. The molecule has 19 heavy (non-hydrogen) atoms. The molecule has 1 aromatic heterocycles. The Bertz CT molecular complexity index is 633. The van der Waals surface area contributed by atoms with Crippen molar-refractivity contribution in [3.8, 4) is 5.69 Å². The zero-order valence-corrected chi connectivity index (χ0v) is 10.5. The van der Waals surface area contributed by atoms with Gasteiger partial charge in [0.15, 0.2) is 0 Å². The minimum Gasteiger partial charge on any atom is -0.358 e. The fourth-order valence-corrected chi connectivity index (χ4v) is 1.60. The number of amides is 1. The Labute approximate surface area is 109 Å². The van der Waals surface area contributed by atoms with Crippen molar-refractivity contribution in [1.29, 1.82) is 0 Å². The van der Waals surface area contributed by atoms with Gasteiger partial charge in [-0.3, -0.25) is 4.79 Å². The SMILES string of the molecule is CN(C)C(=O)c1cccc(-n2ccc([N+](=O)[O-])n2)c1. The van der Waals surface area contributed by atoms with Crippen LogP contribution in [-0.4, -0.2) is 39.6 Å². The second-order valence-electron chi connectivity index (χ2n) is 4.13. The monoisotopic (exact) mass is 260 g/mol. The van der Waals surface area contributed by atoms with E-state index in [2.05, 4.69) is 5.10 Å². The first kappa shape index (κ1) is 12.7. The quantitative estimate of drug-likeness (QED) is 0.618. The lowest BCUT2D eigenvalue weighted by atomic mass is 10.2. The molecule has 0 saturated heterocycles. The maximum Gasteiger partial charge on any atom is 0.390 e. The van der Waals surface area contributed by atoms with Gasteiger partial charge in [-0.1, -0.05) is 6.07 Å². The minimum atomic E-state index is -0.564. The van der Waals surface area contributed by atoms with Crippen LogP contribution in [-0.2, 0) is 0 Å². The molecule has 0 spiro atoms. The van der Waals surface area contributed by atoms with Gasteiger partial charge < -0.3 is 15.0 Å². The van der Waals surface area contributed by atoms with E-state index in [-0.39, 0.29) is 11.7 Å². The highest BCUT2D eigenvalue weighted by Gasteiger charge is 2.14. The van der Waals surface area contributed by atoms with E-state index in [1.807, 2.05) is 0 Å². The topological polar surface area (TPSA) is 81.3 Å². The van der Waals surface area contributed by atoms with E-state index in [1.54, 1.807) is 38.4 Å². The maximum absolute atomic E-state index is 11.8. The molecule has 2 aromatic rings. The average molecular weight is 260 g/mol. The van der Waals surface area contributed by atoms with Gasteiger partial charge in [0, 0.05) is 19.7 Å². The highest BCUT2D eigenvalue weighted by atomic mass is 16.6. The van der Waals surface area contributed by atoms with Crippen LogP contribution in [0.25, 0.3) is 5.69 Å². The summed E-state index contributed by atoms with van der Waals surface area (Å²) in [7, 11) is 3.32. The van der Waals surface area contributed by atoms with Crippen molar-refractivity contribution in [3.05, 3.63) is 52.2 Å². The van der Waals surface area contributed by atoms with Crippen molar-refractivity contribution in [3.63, 3.8) is 0 Å². The summed E-state index contributed by atoms with van der Waals surface area (Å²) in [6, 6.07) is 8.06. The highest BCUT2D eigenvalue weighted by molar-refractivity contribution is 5.94. The molecular formula is C12H12N4O3. The summed E-state index contributed by atoms with van der Waals surface area (Å²) in [4.78, 5) is 23.3. The molecule has 98 valence electrons. The van der Waals surface area contributed by atoms with Gasteiger partial charge in [-0.15, -0.1) is 4.68 Å². The van der Waals surface area contributed by atoms with Gasteiger partial charge in [-0.2, -0.15) is 0 Å². The molecule has 0 fully saturated rings. The molecule has 0 aliphatic rings. The van der Waals surface area contributed by atoms with Crippen molar-refractivity contribution >= 4 is 11.7 Å². The molecule has 0 saturated carbocycles. The van der Waals surface area contributed by atoms with Crippen LogP contribution in [0.5, 0.6) is 0 Å². The van der Waals surface area contributed by atoms with Gasteiger partial charge in [0.1, 0.15) is 0 Å². The first-order valence-electron chi connectivity index (χ1n) is 5.51. The minimum absolute atomic E-state index is 0.136. The predicted molar refractivity (Wildman–Crippen MR) is 68.2 cm³/mol. The van der Waals surface area contributed by atoms with Crippen molar-refractivity contribution in [2.45, 2.75) is 0 Å². The molecule has 0 unspecified atom stereocenters. The summed E-state index contributed by atoms with van der Waals surface area (Å²) in [5, 5.41) is 14.4. The summed E-state index contributed by atoms with van der Waals surface area (Å²) < 4.78 is 1.37. The van der Waals surface area contributed by atoms with E-state index < -0.39 is 4.92 Å². The molecule has 1 heterocycles. The van der Waals surface area contributed by atoms with Gasteiger partial charge in [0.05, 0.1) is 23.0 Å². The largest absolute Gasteiger partial charge is 0.390 e. The van der Waals surface area contributed by atoms with Gasteiger partial charge >= 0.3 is 5.82 Å². The number of nitro groups is 1. The van der Waals surface area contributed by atoms with Crippen LogP contribution in [0.1, 0.15) is 10.4 Å². The van der Waals surface area contributed by atoms with Gasteiger partial charge in [-0.05, 0) is 23.1 Å². The highest BCUT2D eigenvalue weighted by Crippen LogP contribution is 2.14. The standard InChI is InChI=1S/C12H12N4O3/c1-14(2)12(17)9-4-3-5-10(8-9)15-7-6-11(13-15)16(18)19/h3-8H,1-2H3. The predicted octanol–water partition coefficient (Wildman–Crippen LogP) is 1.48. The van der Waals surface area contributed by atoms with Crippen molar-refractivity contribution in [1.82, 2.24) is 14.7 Å². The van der Waals surface area contributed by atoms with E-state index in [9.17, 15) is 14.9 Å². The molecule has 0 atom stereocenters. The normalized spacial score (nSPS) is 10.2. The van der Waals surface area contributed by atoms with Crippen LogP contribution in [0.3, 0.4) is 0 Å². The lowest BCUT2D eigenvalue weighted by molar-refractivity contribution is -0.389. The third kappa shape index (κ3) is 2.59. The fraction of sp³-hybridized carbons (Fsp3) is 0.167. The summed E-state index contributed by atoms with van der Waals surface area (Å²) in [6.45, 7) is 0. The molecule has 0 bridgehead atoms. The third-order valence-electron chi connectivity index (χ3n) is 2.53. The number of rotatable bonds is 3. The lowest BCUT2D eigenvalue weighted by Gasteiger charge is -2.10. The molecule has 7 nitrogen and oxygen atoms in total. The molecule has 0 N–H and O–H groups in total. The van der Waals surface area contributed by atoms with Crippen LogP contribution < -0.4 is 0 Å². The zero-order chi connectivity index (χ0) is 14.0. The number of carbonyl (C=O) groups excluding carboxylic acids is 1. The number of aromatic nitrogens is 2. The average Bonchev–Trinajstić information content (AvgIpc) is 2.87. The van der Waals surface area contributed by atoms with Crippen LogP contribution in [0.4, 0.5) is 5.82 Å². The van der Waals surface area contributed by atoms with Crippen molar-refractivity contribution in [2.75, 3.05) is 14.1 Å². The number of hydrogen-bond donors (Lipinski definition) is 0. The second-order valence-corrected chi connectivity index (χ2v) is 4.13. The van der Waals surface area contributed by atoms with E-state index in [0.717, 1.165) is 0 Å². The molecule has 1 amide bonds. The van der Waals surface area contributed by atoms with Crippen molar-refractivity contribution in [2.24, 2.45) is 0 Å². The van der Waals surface area contributed by atoms with E-state index >= 15 is 0 Å². The Morgan fingerprint density at radius 1 is 1.37 bits per heavy atom. The summed E-state index contributed by atoms with van der Waals surface area (Å²) in [6.07, 6.45) is 1.48. The Morgan fingerprint density at radius 3 is 2.68 bits per heavy atom. The third-order valence-corrected chi connectivity index (χ3v) is 2.53. The van der Waals surface area contributed by atoms with Crippen molar-refractivity contribution < 1.29 is 9.72 Å². The molecule has 1 aromatic carbocycles. The van der Waals surface area contributed by atoms with E-state index in [0.29, 0.717) is 11.3 Å². The molecule has 0 aliphatic heterocycles. The number of hydrogen-bond acceptors (Lipinski definition) is 4. The van der Waals surface area contributed by atoms with Gasteiger partial charge in [0.2, 0.25) is 0 Å². The number of nitrogens with zero attached hydrogens (tertiary/aromatic N) is 4. The summed E-state index contributed by atoms with van der Waals surface area (Å²) >= 11 is 0. The Kier molecular flexibility index (Phi) is 3.28. The molecular weight excluding hydrogens is 248 g/mol. The van der Waals surface area contributed by atoms with Gasteiger partial charge in [-0.25, -0.2) is 0 Å². The lowest BCUT2D eigenvalue weighted by Crippen LogP contribution is -2.21. The summed E-state index contributed by atoms with van der Waals surface area (Å²) in [5.41, 5.74) is 1.10. The molecule has 2 rings (SSSR count). The van der Waals surface area contributed by atoms with E-state index in [1.165, 1.54) is 21.8 Å². The second kappa shape index (κ2) is 4.89. The van der Waals surface area contributed by atoms with Crippen LogP contribution in [0, 0.1) is 10.1 Å². The first-order valence-corrected chi connectivity index (χ1v) is 5.51. The maximum atomic E-state index is 11.8. The van der Waals surface area contributed by atoms with Crippen LogP contribution >= 0.6 is 0 Å². The fourth-order valence-electron chi connectivity index (χ4n) is 1.60. The molecule has 0 radical (unpaired) electrons. The van der Waals surface area contributed by atoms with Crippen LogP contribution in [0.2, 0.25) is 0 Å². The summed E-state index contributed by atoms with van der Waals surface area (Å²) in [5.74, 6) is -0.368. The van der Waals surface area contributed by atoms with Gasteiger partial charge in [0.25, 0.3) is 5.91 Å². The zero-order valence-electron chi connectivity index (χ0n) is 10.5.